The van der Waals surface area contributed by atoms with E-state index in [0.29, 0.717) is 30.3 Å². The van der Waals surface area contributed by atoms with Crippen LogP contribution >= 0.6 is 11.6 Å². The van der Waals surface area contributed by atoms with Crippen molar-refractivity contribution in [3.63, 3.8) is 0 Å². The van der Waals surface area contributed by atoms with Crippen molar-refractivity contribution < 1.29 is 22.7 Å². The van der Waals surface area contributed by atoms with E-state index in [4.69, 9.17) is 16.3 Å². The number of likely N-dealkylation sites (tertiary alicyclic amines) is 1. The zero-order valence-corrected chi connectivity index (χ0v) is 14.9. The van der Waals surface area contributed by atoms with E-state index in [-0.39, 0.29) is 11.8 Å². The van der Waals surface area contributed by atoms with E-state index in [1.54, 1.807) is 12.3 Å². The highest BCUT2D eigenvalue weighted by Gasteiger charge is 2.31. The molecular weight excluding hydrogens is 383 g/mol. The molecule has 0 saturated carbocycles. The first kappa shape index (κ1) is 19.3. The van der Waals surface area contributed by atoms with E-state index in [2.05, 4.69) is 10.3 Å². The molecule has 0 unspecified atom stereocenters. The number of amides is 2. The van der Waals surface area contributed by atoms with Crippen molar-refractivity contribution in [1.82, 2.24) is 9.88 Å². The lowest BCUT2D eigenvalue weighted by Crippen LogP contribution is -2.46. The summed E-state index contributed by atoms with van der Waals surface area (Å²) in [6.07, 6.45) is -0.241. The molecule has 1 N–H and O–H groups in total. The first-order valence-electron chi connectivity index (χ1n) is 8.32. The predicted molar refractivity (Wildman–Crippen MR) is 94.9 cm³/mol. The molecule has 0 aliphatic carbocycles. The Kier molecular flexibility index (Phi) is 5.74. The predicted octanol–water partition coefficient (Wildman–Crippen LogP) is 4.83. The first-order chi connectivity index (χ1) is 12.8. The van der Waals surface area contributed by atoms with Crippen LogP contribution in [0.4, 0.5) is 23.7 Å². The normalized spacial score (nSPS) is 17.5. The Morgan fingerprint density at radius 3 is 2.89 bits per heavy atom. The fraction of sp³-hybridized carbons (Fsp3) is 0.333. The van der Waals surface area contributed by atoms with Crippen LogP contribution in [0.2, 0.25) is 5.02 Å². The lowest BCUT2D eigenvalue weighted by atomic mass is 10.1. The summed E-state index contributed by atoms with van der Waals surface area (Å²) in [6, 6.07) is 5.71. The van der Waals surface area contributed by atoms with Crippen molar-refractivity contribution in [1.29, 1.82) is 0 Å². The first-order valence-corrected chi connectivity index (χ1v) is 8.70. The molecule has 1 fully saturated rings. The average molecular weight is 400 g/mol. The zero-order valence-electron chi connectivity index (χ0n) is 14.2. The summed E-state index contributed by atoms with van der Waals surface area (Å²) in [6.45, 7) is 0.804. The second-order valence-electron chi connectivity index (χ2n) is 6.14. The number of hydrogen-bond donors (Lipinski definition) is 1. The lowest BCUT2D eigenvalue weighted by Gasteiger charge is -2.33. The summed E-state index contributed by atoms with van der Waals surface area (Å²) < 4.78 is 44.2. The molecule has 9 heteroatoms. The van der Waals surface area contributed by atoms with E-state index >= 15 is 0 Å². The smallest absolute Gasteiger partial charge is 0.416 e. The Morgan fingerprint density at radius 1 is 1.33 bits per heavy atom. The Morgan fingerprint density at radius 2 is 2.15 bits per heavy atom. The van der Waals surface area contributed by atoms with Crippen LogP contribution in [0.1, 0.15) is 18.4 Å². The van der Waals surface area contributed by atoms with Crippen LogP contribution in [-0.2, 0) is 6.18 Å². The van der Waals surface area contributed by atoms with E-state index in [9.17, 15) is 18.0 Å². The number of rotatable bonds is 3. The number of piperidine rings is 1. The maximum absolute atomic E-state index is 12.8. The summed E-state index contributed by atoms with van der Waals surface area (Å²) >= 11 is 6.03. The third kappa shape index (κ3) is 5.03. The van der Waals surface area contributed by atoms with E-state index in [1.165, 1.54) is 23.2 Å². The molecule has 1 aliphatic rings. The van der Waals surface area contributed by atoms with Gasteiger partial charge < -0.3 is 15.0 Å². The quantitative estimate of drug-likeness (QED) is 0.804. The maximum Gasteiger partial charge on any atom is 0.416 e. The van der Waals surface area contributed by atoms with Crippen LogP contribution in [-0.4, -0.2) is 35.1 Å². The molecule has 27 heavy (non-hydrogen) atoms. The van der Waals surface area contributed by atoms with Crippen molar-refractivity contribution in [2.75, 3.05) is 18.4 Å². The third-order valence-corrected chi connectivity index (χ3v) is 4.42. The van der Waals surface area contributed by atoms with Crippen LogP contribution in [0, 0.1) is 0 Å². The molecule has 2 amide bonds. The highest BCUT2D eigenvalue weighted by atomic mass is 35.5. The number of alkyl halides is 3. The minimum absolute atomic E-state index is 0.0926. The minimum atomic E-state index is -4.46. The van der Waals surface area contributed by atoms with E-state index < -0.39 is 17.8 Å². The van der Waals surface area contributed by atoms with Crippen LogP contribution < -0.4 is 10.1 Å². The number of pyridine rings is 1. The molecular formula is C18H17ClF3N3O2. The Balaban J connectivity index is 1.63. The standard InChI is InChI=1S/C18H17ClF3N3O2/c19-15-10-23-7-6-16(15)27-14-5-2-8-25(11-14)17(26)24-13-4-1-3-12(9-13)18(20,21)22/h1,3-4,6-7,9-10,14H,2,5,8,11H2,(H,24,26)/t14-/m0/s1. The lowest BCUT2D eigenvalue weighted by molar-refractivity contribution is -0.137. The fourth-order valence-corrected chi connectivity index (χ4v) is 3.00. The molecule has 1 saturated heterocycles. The van der Waals surface area contributed by atoms with Crippen molar-refractivity contribution in [2.45, 2.75) is 25.1 Å². The second kappa shape index (κ2) is 8.04. The van der Waals surface area contributed by atoms with Gasteiger partial charge in [0.25, 0.3) is 0 Å². The zero-order chi connectivity index (χ0) is 19.4. The third-order valence-electron chi connectivity index (χ3n) is 4.14. The monoisotopic (exact) mass is 399 g/mol. The Labute approximate surface area is 159 Å². The topological polar surface area (TPSA) is 54.5 Å². The van der Waals surface area contributed by atoms with Gasteiger partial charge in [0.2, 0.25) is 0 Å². The number of aromatic nitrogens is 1. The molecule has 1 aromatic carbocycles. The van der Waals surface area contributed by atoms with E-state index in [1.807, 2.05) is 0 Å². The van der Waals surface area contributed by atoms with Gasteiger partial charge in [-0.05, 0) is 31.0 Å². The number of carbonyl (C=O) groups is 1. The molecule has 144 valence electrons. The number of anilines is 1. The summed E-state index contributed by atoms with van der Waals surface area (Å²) in [5.41, 5.74) is -0.720. The molecule has 1 atom stereocenters. The van der Waals surface area contributed by atoms with Gasteiger partial charge in [-0.2, -0.15) is 13.2 Å². The molecule has 3 rings (SSSR count). The number of halogens is 4. The van der Waals surface area contributed by atoms with Crippen LogP contribution in [0.5, 0.6) is 5.75 Å². The highest BCUT2D eigenvalue weighted by Crippen LogP contribution is 2.31. The van der Waals surface area contributed by atoms with Gasteiger partial charge in [0.05, 0.1) is 12.1 Å². The van der Waals surface area contributed by atoms with Gasteiger partial charge in [-0.1, -0.05) is 17.7 Å². The van der Waals surface area contributed by atoms with Gasteiger partial charge in [-0.25, -0.2) is 4.79 Å². The molecule has 0 spiro atoms. The number of hydrogen-bond acceptors (Lipinski definition) is 3. The molecule has 1 aliphatic heterocycles. The van der Waals surface area contributed by atoms with Crippen molar-refractivity contribution in [3.8, 4) is 5.75 Å². The molecule has 2 heterocycles. The van der Waals surface area contributed by atoms with Crippen LogP contribution in [0.25, 0.3) is 0 Å². The Hall–Kier alpha value is -2.48. The van der Waals surface area contributed by atoms with Gasteiger partial charge in [-0.15, -0.1) is 0 Å². The number of carbonyl (C=O) groups excluding carboxylic acids is 1. The summed E-state index contributed by atoms with van der Waals surface area (Å²) in [4.78, 5) is 17.8. The Bertz CT molecular complexity index is 816. The minimum Gasteiger partial charge on any atom is -0.487 e. The maximum atomic E-state index is 12.8. The van der Waals surface area contributed by atoms with Gasteiger partial charge >= 0.3 is 12.2 Å². The average Bonchev–Trinajstić information content (AvgIpc) is 2.63. The number of nitrogens with zero attached hydrogens (tertiary/aromatic N) is 2. The van der Waals surface area contributed by atoms with Gasteiger partial charge in [0.1, 0.15) is 16.9 Å². The second-order valence-corrected chi connectivity index (χ2v) is 6.55. The molecule has 0 radical (unpaired) electrons. The van der Waals surface area contributed by atoms with Crippen molar-refractivity contribution in [3.05, 3.63) is 53.3 Å². The summed E-state index contributed by atoms with van der Waals surface area (Å²) in [7, 11) is 0. The largest absolute Gasteiger partial charge is 0.487 e. The van der Waals surface area contributed by atoms with Crippen molar-refractivity contribution >= 4 is 23.3 Å². The van der Waals surface area contributed by atoms with Crippen LogP contribution in [0.15, 0.2) is 42.7 Å². The fourth-order valence-electron chi connectivity index (χ4n) is 2.83. The molecule has 1 aromatic heterocycles. The highest BCUT2D eigenvalue weighted by molar-refractivity contribution is 6.31. The van der Waals surface area contributed by atoms with Gasteiger partial charge in [0.15, 0.2) is 0 Å². The van der Waals surface area contributed by atoms with Crippen LogP contribution in [0.3, 0.4) is 0 Å². The number of ether oxygens (including phenoxy) is 1. The molecule has 2 aromatic rings. The number of nitrogens with one attached hydrogen (secondary N) is 1. The summed E-state index contributed by atoms with van der Waals surface area (Å²) in [5, 5.41) is 2.89. The van der Waals surface area contributed by atoms with E-state index in [0.717, 1.165) is 18.6 Å². The van der Waals surface area contributed by atoms with Gasteiger partial charge in [0, 0.05) is 30.7 Å². The molecule has 5 nitrogen and oxygen atoms in total. The SMILES string of the molecule is O=C(Nc1cccc(C(F)(F)F)c1)N1CCC[C@H](Oc2ccncc2Cl)C1. The van der Waals surface area contributed by atoms with Gasteiger partial charge in [-0.3, -0.25) is 4.98 Å². The number of benzene rings is 1. The summed E-state index contributed by atoms with van der Waals surface area (Å²) in [5.74, 6) is 0.483. The number of urea groups is 1. The van der Waals surface area contributed by atoms with Crippen molar-refractivity contribution in [2.24, 2.45) is 0 Å². The molecule has 0 bridgehead atoms.